The van der Waals surface area contributed by atoms with Gasteiger partial charge in [0.1, 0.15) is 5.82 Å². The summed E-state index contributed by atoms with van der Waals surface area (Å²) in [6.07, 6.45) is 6.43. The molecule has 1 aromatic rings. The lowest BCUT2D eigenvalue weighted by atomic mass is 10.2. The summed E-state index contributed by atoms with van der Waals surface area (Å²) in [5.41, 5.74) is 2.31. The van der Waals surface area contributed by atoms with E-state index in [9.17, 15) is 0 Å². The second-order valence-electron chi connectivity index (χ2n) is 4.15. The maximum Gasteiger partial charge on any atom is 0.129 e. The van der Waals surface area contributed by atoms with Crippen molar-refractivity contribution in [2.45, 2.75) is 26.8 Å². The van der Waals surface area contributed by atoms with Crippen LogP contribution >= 0.6 is 0 Å². The molecule has 0 saturated carbocycles. The average molecular weight is 231 g/mol. The predicted octanol–water partition coefficient (Wildman–Crippen LogP) is 1.96. The summed E-state index contributed by atoms with van der Waals surface area (Å²) in [6.45, 7) is 6.70. The van der Waals surface area contributed by atoms with Crippen molar-refractivity contribution in [3.63, 3.8) is 0 Å². The Kier molecular flexibility index (Phi) is 5.51. The number of pyridine rings is 1. The van der Waals surface area contributed by atoms with Crippen molar-refractivity contribution >= 4 is 5.82 Å². The van der Waals surface area contributed by atoms with Gasteiger partial charge in [0, 0.05) is 19.3 Å². The van der Waals surface area contributed by atoms with Crippen molar-refractivity contribution in [1.29, 1.82) is 0 Å². The number of hydrogen-bond donors (Lipinski definition) is 1. The topological polar surface area (TPSA) is 28.2 Å². The molecule has 3 nitrogen and oxygen atoms in total. The molecule has 0 aliphatic carbocycles. The first kappa shape index (κ1) is 13.5. The van der Waals surface area contributed by atoms with E-state index in [4.69, 9.17) is 6.42 Å². The molecule has 0 radical (unpaired) electrons. The highest BCUT2D eigenvalue weighted by Crippen LogP contribution is 2.13. The highest BCUT2D eigenvalue weighted by Gasteiger charge is 2.04. The van der Waals surface area contributed by atoms with Gasteiger partial charge in [-0.1, -0.05) is 18.9 Å². The largest absolute Gasteiger partial charge is 0.349 e. The molecule has 0 fully saturated rings. The van der Waals surface area contributed by atoms with Crippen molar-refractivity contribution < 1.29 is 0 Å². The van der Waals surface area contributed by atoms with Crippen LogP contribution < -0.4 is 10.2 Å². The van der Waals surface area contributed by atoms with Gasteiger partial charge in [0.15, 0.2) is 0 Å². The predicted molar refractivity (Wildman–Crippen MR) is 73.1 cm³/mol. The number of terminal acetylenes is 1. The summed E-state index contributed by atoms with van der Waals surface area (Å²) in [4.78, 5) is 6.53. The van der Waals surface area contributed by atoms with E-state index in [-0.39, 0.29) is 0 Å². The normalized spacial score (nSPS) is 10.0. The standard InChI is InChI=1S/C14H21N3/c1-5-9-15-11-13-7-8-14(16-12(13)3)17(4)10-6-2/h2,7-8,15H,5,9-11H2,1,3-4H3. The summed E-state index contributed by atoms with van der Waals surface area (Å²) in [7, 11) is 1.95. The number of aryl methyl sites for hydroxylation is 1. The quantitative estimate of drug-likeness (QED) is 0.599. The van der Waals surface area contributed by atoms with E-state index >= 15 is 0 Å². The second-order valence-corrected chi connectivity index (χ2v) is 4.15. The minimum atomic E-state index is 0.583. The first-order valence-electron chi connectivity index (χ1n) is 6.00. The van der Waals surface area contributed by atoms with Gasteiger partial charge in [-0.2, -0.15) is 0 Å². The first-order valence-corrected chi connectivity index (χ1v) is 6.00. The molecule has 0 aliphatic rings. The molecule has 0 spiro atoms. The highest BCUT2D eigenvalue weighted by atomic mass is 15.2. The van der Waals surface area contributed by atoms with Crippen LogP contribution in [-0.2, 0) is 6.54 Å². The smallest absolute Gasteiger partial charge is 0.129 e. The van der Waals surface area contributed by atoms with Gasteiger partial charge in [-0.25, -0.2) is 4.98 Å². The maximum absolute atomic E-state index is 5.29. The minimum Gasteiger partial charge on any atom is -0.349 e. The van der Waals surface area contributed by atoms with E-state index in [0.29, 0.717) is 6.54 Å². The number of nitrogens with one attached hydrogen (secondary N) is 1. The summed E-state index contributed by atoms with van der Waals surface area (Å²) in [6, 6.07) is 4.14. The highest BCUT2D eigenvalue weighted by molar-refractivity contribution is 5.41. The van der Waals surface area contributed by atoms with Crippen LogP contribution in [0.2, 0.25) is 0 Å². The van der Waals surface area contributed by atoms with Gasteiger partial charge in [0.25, 0.3) is 0 Å². The third-order valence-corrected chi connectivity index (χ3v) is 2.64. The molecule has 3 heteroatoms. The number of aromatic nitrogens is 1. The Balaban J connectivity index is 2.69. The molecule has 0 aromatic carbocycles. The monoisotopic (exact) mass is 231 g/mol. The molecule has 1 N–H and O–H groups in total. The zero-order valence-corrected chi connectivity index (χ0v) is 11.0. The second kappa shape index (κ2) is 6.93. The lowest BCUT2D eigenvalue weighted by Crippen LogP contribution is -2.20. The van der Waals surface area contributed by atoms with Gasteiger partial charge in [0.05, 0.1) is 6.54 Å². The Hall–Kier alpha value is -1.53. The van der Waals surface area contributed by atoms with Gasteiger partial charge in [-0.3, -0.25) is 0 Å². The van der Waals surface area contributed by atoms with Crippen LogP contribution in [0.5, 0.6) is 0 Å². The molecular weight excluding hydrogens is 210 g/mol. The van der Waals surface area contributed by atoms with E-state index in [1.165, 1.54) is 5.56 Å². The van der Waals surface area contributed by atoms with E-state index in [2.05, 4.69) is 29.2 Å². The molecule has 0 bridgehead atoms. The van der Waals surface area contributed by atoms with Crippen LogP contribution in [0.15, 0.2) is 12.1 Å². The summed E-state index contributed by atoms with van der Waals surface area (Å²) in [5.74, 6) is 3.55. The Morgan fingerprint density at radius 1 is 1.47 bits per heavy atom. The average Bonchev–Trinajstić information content (AvgIpc) is 2.31. The van der Waals surface area contributed by atoms with Crippen molar-refractivity contribution in [1.82, 2.24) is 10.3 Å². The summed E-state index contributed by atoms with van der Waals surface area (Å²) >= 11 is 0. The third-order valence-electron chi connectivity index (χ3n) is 2.64. The van der Waals surface area contributed by atoms with E-state index in [1.807, 2.05) is 24.9 Å². The van der Waals surface area contributed by atoms with Crippen LogP contribution in [-0.4, -0.2) is 25.1 Å². The van der Waals surface area contributed by atoms with Crippen molar-refractivity contribution in [3.8, 4) is 12.3 Å². The Labute approximate surface area is 104 Å². The van der Waals surface area contributed by atoms with Crippen LogP contribution in [0.4, 0.5) is 5.82 Å². The van der Waals surface area contributed by atoms with Crippen LogP contribution in [0.3, 0.4) is 0 Å². The van der Waals surface area contributed by atoms with E-state index in [0.717, 1.165) is 31.0 Å². The lowest BCUT2D eigenvalue weighted by molar-refractivity contribution is 0.671. The third kappa shape index (κ3) is 4.08. The molecule has 92 valence electrons. The minimum absolute atomic E-state index is 0.583. The summed E-state index contributed by atoms with van der Waals surface area (Å²) < 4.78 is 0. The van der Waals surface area contributed by atoms with Crippen molar-refractivity contribution in [2.75, 3.05) is 25.0 Å². The maximum atomic E-state index is 5.29. The number of anilines is 1. The zero-order valence-electron chi connectivity index (χ0n) is 11.0. The van der Waals surface area contributed by atoms with E-state index in [1.54, 1.807) is 0 Å². The van der Waals surface area contributed by atoms with Crippen molar-refractivity contribution in [3.05, 3.63) is 23.4 Å². The SMILES string of the molecule is C#CCN(C)c1ccc(CNCCC)c(C)n1. The molecule has 1 aromatic heterocycles. The Morgan fingerprint density at radius 3 is 2.82 bits per heavy atom. The molecule has 0 aliphatic heterocycles. The fourth-order valence-electron chi connectivity index (χ4n) is 1.59. The van der Waals surface area contributed by atoms with Gasteiger partial charge in [-0.05, 0) is 31.5 Å². The van der Waals surface area contributed by atoms with Crippen LogP contribution in [0.1, 0.15) is 24.6 Å². The molecule has 1 heterocycles. The fraction of sp³-hybridized carbons (Fsp3) is 0.500. The van der Waals surface area contributed by atoms with Gasteiger partial charge in [-0.15, -0.1) is 6.42 Å². The molecular formula is C14H21N3. The van der Waals surface area contributed by atoms with Crippen LogP contribution in [0.25, 0.3) is 0 Å². The number of nitrogens with zero attached hydrogens (tertiary/aromatic N) is 2. The Bertz CT molecular complexity index is 393. The van der Waals surface area contributed by atoms with Gasteiger partial charge < -0.3 is 10.2 Å². The zero-order chi connectivity index (χ0) is 12.7. The Morgan fingerprint density at radius 2 is 2.24 bits per heavy atom. The molecule has 0 unspecified atom stereocenters. The van der Waals surface area contributed by atoms with Crippen molar-refractivity contribution in [2.24, 2.45) is 0 Å². The molecule has 0 amide bonds. The number of rotatable bonds is 6. The van der Waals surface area contributed by atoms with Gasteiger partial charge in [0.2, 0.25) is 0 Å². The summed E-state index contributed by atoms with van der Waals surface area (Å²) in [5, 5.41) is 3.38. The molecule has 17 heavy (non-hydrogen) atoms. The fourth-order valence-corrected chi connectivity index (χ4v) is 1.59. The number of hydrogen-bond acceptors (Lipinski definition) is 3. The molecule has 0 saturated heterocycles. The molecule has 0 atom stereocenters. The van der Waals surface area contributed by atoms with Gasteiger partial charge >= 0.3 is 0 Å². The lowest BCUT2D eigenvalue weighted by Gasteiger charge is -2.16. The van der Waals surface area contributed by atoms with E-state index < -0.39 is 0 Å². The molecule has 1 rings (SSSR count). The first-order chi connectivity index (χ1) is 8.19. The van der Waals surface area contributed by atoms with Crippen LogP contribution in [0, 0.1) is 19.3 Å².